The minimum Gasteiger partial charge on any atom is -0.497 e. The van der Waals surface area contributed by atoms with Gasteiger partial charge in [-0.05, 0) is 36.4 Å². The van der Waals surface area contributed by atoms with E-state index in [-0.39, 0.29) is 0 Å². The molecule has 2 aromatic rings. The number of nitrogens with zero attached hydrogens (tertiary/aromatic N) is 1. The van der Waals surface area contributed by atoms with Gasteiger partial charge in [-0.15, -0.1) is 0 Å². The molecule has 0 radical (unpaired) electrons. The first-order valence-electron chi connectivity index (χ1n) is 6.12. The third-order valence-electron chi connectivity index (χ3n) is 2.81. The van der Waals surface area contributed by atoms with E-state index in [0.717, 1.165) is 0 Å². The molecule has 106 valence electrons. The Hall–Kier alpha value is -3.00. The molecular formula is C16H13NO4. The van der Waals surface area contributed by atoms with E-state index in [1.807, 2.05) is 0 Å². The number of ether oxygens (including phenoxy) is 3. The lowest BCUT2D eigenvalue weighted by Crippen LogP contribution is -2.00. The smallest absolute Gasteiger partial charge is 0.337 e. The number of nitriles is 1. The lowest BCUT2D eigenvalue weighted by atomic mass is 10.2. The normalized spacial score (nSPS) is 9.57. The average Bonchev–Trinajstić information content (AvgIpc) is 2.54. The van der Waals surface area contributed by atoms with Crippen molar-refractivity contribution in [2.75, 3.05) is 14.2 Å². The Bertz CT molecular complexity index is 686. The lowest BCUT2D eigenvalue weighted by molar-refractivity contribution is 0.0600. The van der Waals surface area contributed by atoms with Crippen molar-refractivity contribution in [2.24, 2.45) is 0 Å². The van der Waals surface area contributed by atoms with E-state index in [1.54, 1.807) is 42.5 Å². The molecular weight excluding hydrogens is 270 g/mol. The SMILES string of the molecule is COC(=O)c1ccc(Oc2cc(OC)ccc2C#N)cc1. The van der Waals surface area contributed by atoms with Crippen molar-refractivity contribution >= 4 is 5.97 Å². The molecule has 2 rings (SSSR count). The van der Waals surface area contributed by atoms with Gasteiger partial charge >= 0.3 is 5.97 Å². The molecule has 0 fully saturated rings. The molecule has 0 bridgehead atoms. The first kappa shape index (κ1) is 14.4. The minimum atomic E-state index is -0.416. The topological polar surface area (TPSA) is 68.6 Å². The number of benzene rings is 2. The van der Waals surface area contributed by atoms with Crippen LogP contribution in [-0.4, -0.2) is 20.2 Å². The summed E-state index contributed by atoms with van der Waals surface area (Å²) >= 11 is 0. The number of carbonyl (C=O) groups excluding carboxylic acids is 1. The van der Waals surface area contributed by atoms with E-state index in [2.05, 4.69) is 10.8 Å². The summed E-state index contributed by atoms with van der Waals surface area (Å²) in [6, 6.07) is 13.4. The molecule has 0 aliphatic carbocycles. The van der Waals surface area contributed by atoms with Crippen molar-refractivity contribution in [3.8, 4) is 23.3 Å². The molecule has 0 aliphatic heterocycles. The summed E-state index contributed by atoms with van der Waals surface area (Å²) in [5.41, 5.74) is 0.823. The molecule has 0 saturated carbocycles. The van der Waals surface area contributed by atoms with Gasteiger partial charge in [0.2, 0.25) is 0 Å². The van der Waals surface area contributed by atoms with Crippen LogP contribution in [0.1, 0.15) is 15.9 Å². The van der Waals surface area contributed by atoms with Crippen molar-refractivity contribution in [2.45, 2.75) is 0 Å². The third-order valence-corrected chi connectivity index (χ3v) is 2.81. The molecule has 21 heavy (non-hydrogen) atoms. The summed E-state index contributed by atoms with van der Waals surface area (Å²) < 4.78 is 15.4. The molecule has 0 atom stereocenters. The van der Waals surface area contributed by atoms with Crippen molar-refractivity contribution in [3.63, 3.8) is 0 Å². The molecule has 0 unspecified atom stereocenters. The maximum atomic E-state index is 11.3. The van der Waals surface area contributed by atoms with Crippen LogP contribution < -0.4 is 9.47 Å². The Kier molecular flexibility index (Phi) is 4.42. The van der Waals surface area contributed by atoms with Crippen LogP contribution in [0.4, 0.5) is 0 Å². The molecule has 0 amide bonds. The molecule has 5 heteroatoms. The van der Waals surface area contributed by atoms with E-state index < -0.39 is 5.97 Å². The molecule has 0 N–H and O–H groups in total. The third kappa shape index (κ3) is 3.31. The number of hydrogen-bond donors (Lipinski definition) is 0. The van der Waals surface area contributed by atoms with E-state index >= 15 is 0 Å². The monoisotopic (exact) mass is 283 g/mol. The number of carbonyl (C=O) groups is 1. The van der Waals surface area contributed by atoms with Gasteiger partial charge in [-0.2, -0.15) is 5.26 Å². The van der Waals surface area contributed by atoms with Gasteiger partial charge in [0, 0.05) is 6.07 Å². The van der Waals surface area contributed by atoms with Gasteiger partial charge in [0.1, 0.15) is 23.3 Å². The van der Waals surface area contributed by atoms with Crippen molar-refractivity contribution < 1.29 is 19.0 Å². The van der Waals surface area contributed by atoms with Crippen molar-refractivity contribution in [1.82, 2.24) is 0 Å². The molecule has 0 spiro atoms. The first-order chi connectivity index (χ1) is 10.2. The molecule has 2 aromatic carbocycles. The lowest BCUT2D eigenvalue weighted by Gasteiger charge is -2.09. The average molecular weight is 283 g/mol. The van der Waals surface area contributed by atoms with E-state index in [4.69, 9.17) is 14.7 Å². The Morgan fingerprint density at radius 3 is 2.29 bits per heavy atom. The van der Waals surface area contributed by atoms with Crippen LogP contribution in [-0.2, 0) is 4.74 Å². The van der Waals surface area contributed by atoms with Crippen LogP contribution in [0.5, 0.6) is 17.2 Å². The van der Waals surface area contributed by atoms with Gasteiger partial charge in [-0.3, -0.25) is 0 Å². The largest absolute Gasteiger partial charge is 0.497 e. The zero-order valence-corrected chi connectivity index (χ0v) is 11.6. The summed E-state index contributed by atoms with van der Waals surface area (Å²) in [4.78, 5) is 11.3. The second-order valence-electron chi connectivity index (χ2n) is 4.09. The molecule has 0 saturated heterocycles. The van der Waals surface area contributed by atoms with Gasteiger partial charge in [0.25, 0.3) is 0 Å². The predicted octanol–water partition coefficient (Wildman–Crippen LogP) is 3.15. The Morgan fingerprint density at radius 1 is 1.05 bits per heavy atom. The second kappa shape index (κ2) is 6.44. The highest BCUT2D eigenvalue weighted by Gasteiger charge is 2.08. The zero-order chi connectivity index (χ0) is 15.2. The van der Waals surface area contributed by atoms with Gasteiger partial charge < -0.3 is 14.2 Å². The summed E-state index contributed by atoms with van der Waals surface area (Å²) in [5, 5.41) is 9.08. The van der Waals surface area contributed by atoms with Gasteiger partial charge in [-0.25, -0.2) is 4.79 Å². The standard InChI is InChI=1S/C16H13NO4/c1-19-14-8-5-12(10-17)15(9-14)21-13-6-3-11(4-7-13)16(18)20-2/h3-9H,1-2H3. The Balaban J connectivity index is 2.25. The molecule has 0 heterocycles. The zero-order valence-electron chi connectivity index (χ0n) is 11.6. The van der Waals surface area contributed by atoms with Gasteiger partial charge in [0.05, 0.1) is 25.3 Å². The maximum Gasteiger partial charge on any atom is 0.337 e. The van der Waals surface area contributed by atoms with Crippen LogP contribution >= 0.6 is 0 Å². The maximum absolute atomic E-state index is 11.3. The Morgan fingerprint density at radius 2 is 1.71 bits per heavy atom. The predicted molar refractivity (Wildman–Crippen MR) is 75.6 cm³/mol. The number of hydrogen-bond acceptors (Lipinski definition) is 5. The van der Waals surface area contributed by atoms with E-state index in [1.165, 1.54) is 14.2 Å². The fourth-order valence-corrected chi connectivity index (χ4v) is 1.71. The Labute approximate surface area is 122 Å². The summed E-state index contributed by atoms with van der Waals surface area (Å²) in [7, 11) is 2.86. The van der Waals surface area contributed by atoms with E-state index in [0.29, 0.717) is 28.4 Å². The quantitative estimate of drug-likeness (QED) is 0.806. The molecule has 5 nitrogen and oxygen atoms in total. The minimum absolute atomic E-state index is 0.391. The van der Waals surface area contributed by atoms with Crippen LogP contribution in [0.3, 0.4) is 0 Å². The highest BCUT2D eigenvalue weighted by atomic mass is 16.5. The van der Waals surface area contributed by atoms with Gasteiger partial charge in [-0.1, -0.05) is 0 Å². The number of methoxy groups -OCH3 is 2. The van der Waals surface area contributed by atoms with Crippen LogP contribution in [0.15, 0.2) is 42.5 Å². The van der Waals surface area contributed by atoms with Crippen LogP contribution in [0, 0.1) is 11.3 Å². The van der Waals surface area contributed by atoms with Crippen molar-refractivity contribution in [3.05, 3.63) is 53.6 Å². The first-order valence-corrected chi connectivity index (χ1v) is 6.12. The number of rotatable bonds is 4. The van der Waals surface area contributed by atoms with Crippen LogP contribution in [0.25, 0.3) is 0 Å². The molecule has 0 aliphatic rings. The fraction of sp³-hybridized carbons (Fsp3) is 0.125. The highest BCUT2D eigenvalue weighted by Crippen LogP contribution is 2.29. The summed E-state index contributed by atoms with van der Waals surface area (Å²) in [6.07, 6.45) is 0. The highest BCUT2D eigenvalue weighted by molar-refractivity contribution is 5.89. The molecule has 0 aromatic heterocycles. The summed E-state index contributed by atoms with van der Waals surface area (Å²) in [5.74, 6) is 1.07. The number of esters is 1. The fourth-order valence-electron chi connectivity index (χ4n) is 1.71. The summed E-state index contributed by atoms with van der Waals surface area (Å²) in [6.45, 7) is 0. The van der Waals surface area contributed by atoms with Crippen LogP contribution in [0.2, 0.25) is 0 Å². The second-order valence-corrected chi connectivity index (χ2v) is 4.09. The van der Waals surface area contributed by atoms with E-state index in [9.17, 15) is 4.79 Å². The van der Waals surface area contributed by atoms with Gasteiger partial charge in [0.15, 0.2) is 0 Å². The van der Waals surface area contributed by atoms with Crippen molar-refractivity contribution in [1.29, 1.82) is 5.26 Å².